The summed E-state index contributed by atoms with van der Waals surface area (Å²) in [6.45, 7) is 7.44. The van der Waals surface area contributed by atoms with Gasteiger partial charge in [0.15, 0.2) is 0 Å². The molecule has 0 aromatic heterocycles. The van der Waals surface area contributed by atoms with Crippen LogP contribution in [0.1, 0.15) is 33.6 Å². The Morgan fingerprint density at radius 1 is 1.40 bits per heavy atom. The van der Waals surface area contributed by atoms with Crippen LogP contribution >= 0.6 is 0 Å². The predicted octanol–water partition coefficient (Wildman–Crippen LogP) is -0.147. The van der Waals surface area contributed by atoms with Gasteiger partial charge in [-0.2, -0.15) is 0 Å². The van der Waals surface area contributed by atoms with Crippen molar-refractivity contribution in [3.05, 3.63) is 0 Å². The molecule has 0 radical (unpaired) electrons. The number of ether oxygens (including phenoxy) is 1. The fourth-order valence-corrected chi connectivity index (χ4v) is 3.26. The van der Waals surface area contributed by atoms with Crippen LogP contribution < -0.4 is 11.5 Å². The van der Waals surface area contributed by atoms with Crippen LogP contribution in [0.4, 0.5) is 0 Å². The number of rotatable bonds is 4. The quantitative estimate of drug-likeness (QED) is 0.749. The zero-order chi connectivity index (χ0) is 15.1. The molecule has 0 aromatic carbocycles. The Hall–Kier alpha value is -1.14. The number of carbonyl (C=O) groups excluding carboxylic acids is 2. The van der Waals surface area contributed by atoms with E-state index < -0.39 is 11.0 Å². The van der Waals surface area contributed by atoms with Crippen LogP contribution in [0.3, 0.4) is 0 Å². The Kier molecular flexibility index (Phi) is 3.81. The summed E-state index contributed by atoms with van der Waals surface area (Å²) in [5.41, 5.74) is 10.4. The van der Waals surface area contributed by atoms with Crippen molar-refractivity contribution in [1.29, 1.82) is 0 Å². The number of carbonyl (C=O) groups is 2. The molecule has 1 saturated heterocycles. The van der Waals surface area contributed by atoms with E-state index in [1.807, 2.05) is 20.8 Å². The van der Waals surface area contributed by atoms with E-state index in [1.165, 1.54) is 0 Å². The van der Waals surface area contributed by atoms with Gasteiger partial charge < -0.3 is 21.1 Å². The molecule has 1 saturated carbocycles. The van der Waals surface area contributed by atoms with Gasteiger partial charge in [0.1, 0.15) is 5.54 Å². The zero-order valence-corrected chi connectivity index (χ0v) is 12.5. The normalized spacial score (nSPS) is 35.7. The van der Waals surface area contributed by atoms with Crippen molar-refractivity contribution in [2.75, 3.05) is 19.7 Å². The molecule has 6 heteroatoms. The Bertz CT molecular complexity index is 424. The minimum atomic E-state index is -0.903. The maximum atomic E-state index is 12.7. The third-order valence-corrected chi connectivity index (χ3v) is 5.09. The van der Waals surface area contributed by atoms with Gasteiger partial charge in [-0.05, 0) is 13.3 Å². The standard InChI is InChI=1S/C14H25N3O3/c1-4-20-10-7-14(16,13(10,2)3)12(19)17-6-5-9(8-17)11(15)18/h9-10H,4-8,16H2,1-3H3,(H2,15,18). The molecule has 1 aliphatic carbocycles. The Morgan fingerprint density at radius 3 is 2.50 bits per heavy atom. The van der Waals surface area contributed by atoms with Crippen LogP contribution in [0.25, 0.3) is 0 Å². The highest BCUT2D eigenvalue weighted by molar-refractivity contribution is 5.90. The molecule has 4 N–H and O–H groups in total. The molecule has 2 rings (SSSR count). The summed E-state index contributed by atoms with van der Waals surface area (Å²) in [5, 5.41) is 0. The molecule has 2 aliphatic rings. The summed E-state index contributed by atoms with van der Waals surface area (Å²) in [4.78, 5) is 25.6. The molecule has 2 amide bonds. The highest BCUT2D eigenvalue weighted by Gasteiger charge is 2.64. The van der Waals surface area contributed by atoms with Gasteiger partial charge in [0.05, 0.1) is 12.0 Å². The van der Waals surface area contributed by atoms with E-state index in [2.05, 4.69) is 0 Å². The Balaban J connectivity index is 2.05. The second kappa shape index (κ2) is 5.00. The van der Waals surface area contributed by atoms with Gasteiger partial charge in [-0.1, -0.05) is 13.8 Å². The van der Waals surface area contributed by atoms with Crippen LogP contribution in [0.5, 0.6) is 0 Å². The summed E-state index contributed by atoms with van der Waals surface area (Å²) >= 11 is 0. The average molecular weight is 283 g/mol. The molecule has 20 heavy (non-hydrogen) atoms. The van der Waals surface area contributed by atoms with E-state index in [-0.39, 0.29) is 23.8 Å². The zero-order valence-electron chi connectivity index (χ0n) is 12.5. The Labute approximate surface area is 119 Å². The van der Waals surface area contributed by atoms with Crippen molar-refractivity contribution in [3.63, 3.8) is 0 Å². The third-order valence-electron chi connectivity index (χ3n) is 5.09. The molecule has 2 fully saturated rings. The van der Waals surface area contributed by atoms with Gasteiger partial charge >= 0.3 is 0 Å². The molecular weight excluding hydrogens is 258 g/mol. The summed E-state index contributed by atoms with van der Waals surface area (Å²) in [6, 6.07) is 0. The topological polar surface area (TPSA) is 98.7 Å². The van der Waals surface area contributed by atoms with Crippen LogP contribution in [-0.2, 0) is 14.3 Å². The smallest absolute Gasteiger partial charge is 0.243 e. The first-order valence-corrected chi connectivity index (χ1v) is 7.23. The van der Waals surface area contributed by atoms with Crippen molar-refractivity contribution in [3.8, 4) is 0 Å². The molecule has 114 valence electrons. The van der Waals surface area contributed by atoms with Gasteiger partial charge in [-0.25, -0.2) is 0 Å². The fourth-order valence-electron chi connectivity index (χ4n) is 3.26. The maximum Gasteiger partial charge on any atom is 0.243 e. The van der Waals surface area contributed by atoms with Gasteiger partial charge in [0.25, 0.3) is 0 Å². The first kappa shape index (κ1) is 15.3. The lowest BCUT2D eigenvalue weighted by Crippen LogP contribution is -2.75. The van der Waals surface area contributed by atoms with Crippen LogP contribution in [0.15, 0.2) is 0 Å². The molecular formula is C14H25N3O3. The first-order valence-electron chi connectivity index (χ1n) is 7.23. The van der Waals surface area contributed by atoms with Crippen LogP contribution in [-0.4, -0.2) is 48.1 Å². The summed E-state index contributed by atoms with van der Waals surface area (Å²) < 4.78 is 5.64. The van der Waals surface area contributed by atoms with Gasteiger partial charge in [-0.15, -0.1) is 0 Å². The monoisotopic (exact) mass is 283 g/mol. The van der Waals surface area contributed by atoms with Crippen molar-refractivity contribution >= 4 is 11.8 Å². The molecule has 0 aromatic rings. The van der Waals surface area contributed by atoms with Gasteiger partial charge in [0.2, 0.25) is 11.8 Å². The van der Waals surface area contributed by atoms with Gasteiger partial charge in [-0.3, -0.25) is 9.59 Å². The molecule has 3 unspecified atom stereocenters. The van der Waals surface area contributed by atoms with Crippen molar-refractivity contribution in [1.82, 2.24) is 4.90 Å². The molecule has 3 atom stereocenters. The summed E-state index contributed by atoms with van der Waals surface area (Å²) in [6.07, 6.45) is 1.17. The molecule has 0 spiro atoms. The second-order valence-corrected chi connectivity index (χ2v) is 6.48. The molecule has 0 bridgehead atoms. The number of hydrogen-bond acceptors (Lipinski definition) is 4. The number of primary amides is 1. The van der Waals surface area contributed by atoms with E-state index in [9.17, 15) is 9.59 Å². The number of likely N-dealkylation sites (tertiary alicyclic amines) is 1. The molecule has 6 nitrogen and oxygen atoms in total. The number of hydrogen-bond donors (Lipinski definition) is 2. The van der Waals surface area contributed by atoms with Crippen LogP contribution in [0, 0.1) is 11.3 Å². The van der Waals surface area contributed by atoms with E-state index >= 15 is 0 Å². The fraction of sp³-hybridized carbons (Fsp3) is 0.857. The van der Waals surface area contributed by atoms with E-state index in [1.54, 1.807) is 4.90 Å². The van der Waals surface area contributed by atoms with Crippen LogP contribution in [0.2, 0.25) is 0 Å². The lowest BCUT2D eigenvalue weighted by molar-refractivity contribution is -0.178. The highest BCUT2D eigenvalue weighted by Crippen LogP contribution is 2.50. The second-order valence-electron chi connectivity index (χ2n) is 6.48. The SMILES string of the molecule is CCOC1CC(N)(C(=O)N2CCC(C(N)=O)C2)C1(C)C. The van der Waals surface area contributed by atoms with E-state index in [0.717, 1.165) is 0 Å². The third kappa shape index (κ3) is 2.11. The summed E-state index contributed by atoms with van der Waals surface area (Å²) in [5.74, 6) is -0.665. The van der Waals surface area contributed by atoms with Crippen molar-refractivity contribution in [2.45, 2.75) is 45.3 Å². The lowest BCUT2D eigenvalue weighted by Gasteiger charge is -2.58. The van der Waals surface area contributed by atoms with Crippen molar-refractivity contribution < 1.29 is 14.3 Å². The first-order chi connectivity index (χ1) is 9.24. The highest BCUT2D eigenvalue weighted by atomic mass is 16.5. The minimum Gasteiger partial charge on any atom is -0.378 e. The lowest BCUT2D eigenvalue weighted by atomic mass is 9.54. The molecule has 1 heterocycles. The largest absolute Gasteiger partial charge is 0.378 e. The molecule has 1 aliphatic heterocycles. The maximum absolute atomic E-state index is 12.7. The Morgan fingerprint density at radius 2 is 2.05 bits per heavy atom. The van der Waals surface area contributed by atoms with E-state index in [0.29, 0.717) is 32.5 Å². The average Bonchev–Trinajstić information content (AvgIpc) is 2.87. The van der Waals surface area contributed by atoms with E-state index in [4.69, 9.17) is 16.2 Å². The van der Waals surface area contributed by atoms with Crippen molar-refractivity contribution in [2.24, 2.45) is 22.8 Å². The minimum absolute atomic E-state index is 0.0102. The number of amides is 2. The van der Waals surface area contributed by atoms with Gasteiger partial charge in [0, 0.05) is 31.5 Å². The summed E-state index contributed by atoms with van der Waals surface area (Å²) in [7, 11) is 0. The predicted molar refractivity (Wildman–Crippen MR) is 74.6 cm³/mol. The number of nitrogens with two attached hydrogens (primary N) is 2. The number of nitrogens with zero attached hydrogens (tertiary/aromatic N) is 1.